The summed E-state index contributed by atoms with van der Waals surface area (Å²) in [6.45, 7) is 3.73. The van der Waals surface area contributed by atoms with Crippen LogP contribution in [0.2, 0.25) is 0 Å². The van der Waals surface area contributed by atoms with Gasteiger partial charge in [0, 0.05) is 6.04 Å². The summed E-state index contributed by atoms with van der Waals surface area (Å²) in [5.74, 6) is 0.407. The fourth-order valence-electron chi connectivity index (χ4n) is 0.896. The van der Waals surface area contributed by atoms with Crippen LogP contribution >= 0.6 is 0 Å². The molecule has 0 aromatic heterocycles. The Morgan fingerprint density at radius 3 is 2.44 bits per heavy atom. The van der Waals surface area contributed by atoms with Gasteiger partial charge in [-0.05, 0) is 13.8 Å². The molecule has 1 rings (SSSR count). The maximum Gasteiger partial charge on any atom is 0.135 e. The zero-order chi connectivity index (χ0) is 7.02. The van der Waals surface area contributed by atoms with Gasteiger partial charge in [0.2, 0.25) is 0 Å². The molecule has 0 spiro atoms. The molecular formula is C6H12N2O. The molecule has 0 saturated heterocycles. The maximum absolute atomic E-state index is 9.08. The van der Waals surface area contributed by atoms with E-state index < -0.39 is 0 Å². The zero-order valence-electron chi connectivity index (χ0n) is 5.68. The van der Waals surface area contributed by atoms with Gasteiger partial charge in [-0.25, -0.2) is 0 Å². The lowest BCUT2D eigenvalue weighted by Gasteiger charge is -2.31. The summed E-state index contributed by atoms with van der Waals surface area (Å²) in [6.07, 6.45) is 0. The molecule has 4 N–H and O–H groups in total. The van der Waals surface area contributed by atoms with Gasteiger partial charge in [0.1, 0.15) is 5.76 Å². The lowest BCUT2D eigenvalue weighted by Crippen LogP contribution is -2.46. The van der Waals surface area contributed by atoms with Crippen LogP contribution in [0.15, 0.2) is 11.5 Å². The van der Waals surface area contributed by atoms with Gasteiger partial charge in [-0.15, -0.1) is 0 Å². The molecule has 0 aromatic rings. The van der Waals surface area contributed by atoms with Crippen LogP contribution < -0.4 is 11.1 Å². The van der Waals surface area contributed by atoms with Gasteiger partial charge in [-0.2, -0.15) is 0 Å². The minimum atomic E-state index is -0.0683. The Balaban J connectivity index is 2.65. The molecule has 0 bridgehead atoms. The first-order chi connectivity index (χ1) is 4.13. The number of nitrogens with two attached hydrogens (primary N) is 1. The monoisotopic (exact) mass is 128 g/mol. The molecule has 1 heterocycles. The number of hydrogen-bond acceptors (Lipinski definition) is 3. The molecule has 0 saturated carbocycles. The van der Waals surface area contributed by atoms with Gasteiger partial charge in [0.25, 0.3) is 0 Å². The minimum Gasteiger partial charge on any atom is -0.508 e. The third-order valence-corrected chi connectivity index (χ3v) is 1.51. The van der Waals surface area contributed by atoms with E-state index in [0.29, 0.717) is 5.76 Å². The lowest BCUT2D eigenvalue weighted by molar-refractivity contribution is 0.296. The third kappa shape index (κ3) is 0.876. The van der Waals surface area contributed by atoms with Crippen molar-refractivity contribution in [1.82, 2.24) is 5.32 Å². The van der Waals surface area contributed by atoms with E-state index in [1.54, 1.807) is 0 Å². The zero-order valence-corrected chi connectivity index (χ0v) is 5.68. The van der Waals surface area contributed by atoms with Crippen molar-refractivity contribution in [1.29, 1.82) is 0 Å². The third-order valence-electron chi connectivity index (χ3n) is 1.51. The Morgan fingerprint density at radius 2 is 2.33 bits per heavy atom. The number of aliphatic hydroxyl groups excluding tert-OH is 1. The fraction of sp³-hybridized carbons (Fsp3) is 0.667. The molecule has 2 atom stereocenters. The highest BCUT2D eigenvalue weighted by molar-refractivity contribution is 5.26. The molecule has 2 unspecified atom stereocenters. The van der Waals surface area contributed by atoms with Crippen LogP contribution in [0.25, 0.3) is 0 Å². The summed E-state index contributed by atoms with van der Waals surface area (Å²) < 4.78 is 0. The molecule has 52 valence electrons. The van der Waals surface area contributed by atoms with Crippen molar-refractivity contribution in [2.45, 2.75) is 25.9 Å². The highest BCUT2D eigenvalue weighted by atomic mass is 16.3. The van der Waals surface area contributed by atoms with E-state index in [0.717, 1.165) is 5.70 Å². The molecule has 0 radical (unpaired) electrons. The largest absolute Gasteiger partial charge is 0.508 e. The predicted octanol–water partition coefficient (Wildman–Crippen LogP) is 0.0949. The molecule has 3 heteroatoms. The van der Waals surface area contributed by atoms with Gasteiger partial charge >= 0.3 is 0 Å². The Hall–Kier alpha value is -0.700. The van der Waals surface area contributed by atoms with Crippen LogP contribution in [0, 0.1) is 0 Å². The van der Waals surface area contributed by atoms with E-state index in [9.17, 15) is 0 Å². The second-order valence-corrected chi connectivity index (χ2v) is 2.45. The van der Waals surface area contributed by atoms with Gasteiger partial charge in [-0.3, -0.25) is 0 Å². The Kier molecular flexibility index (Phi) is 1.37. The quantitative estimate of drug-likeness (QED) is 0.469. The van der Waals surface area contributed by atoms with Crippen molar-refractivity contribution in [2.24, 2.45) is 5.73 Å². The first-order valence-electron chi connectivity index (χ1n) is 3.08. The van der Waals surface area contributed by atoms with E-state index >= 15 is 0 Å². The number of rotatable bonds is 1. The van der Waals surface area contributed by atoms with Gasteiger partial charge in [0.05, 0.1) is 11.7 Å². The van der Waals surface area contributed by atoms with Crippen molar-refractivity contribution in [3.8, 4) is 0 Å². The van der Waals surface area contributed by atoms with Crippen LogP contribution in [-0.4, -0.2) is 17.2 Å². The van der Waals surface area contributed by atoms with E-state index in [1.165, 1.54) is 0 Å². The smallest absolute Gasteiger partial charge is 0.135 e. The van der Waals surface area contributed by atoms with Crippen LogP contribution in [0.1, 0.15) is 13.8 Å². The summed E-state index contributed by atoms with van der Waals surface area (Å²) >= 11 is 0. The minimum absolute atomic E-state index is 0.0683. The Morgan fingerprint density at radius 1 is 1.78 bits per heavy atom. The molecule has 0 aromatic carbocycles. The molecule has 9 heavy (non-hydrogen) atoms. The first-order valence-corrected chi connectivity index (χ1v) is 3.08. The van der Waals surface area contributed by atoms with Crippen LogP contribution in [0.3, 0.4) is 0 Å². The summed E-state index contributed by atoms with van der Waals surface area (Å²) in [4.78, 5) is 0. The van der Waals surface area contributed by atoms with E-state index in [4.69, 9.17) is 10.8 Å². The molecule has 0 fully saturated rings. The SMILES string of the molecule is CC(N)C1=C(O)C(C)N1. The van der Waals surface area contributed by atoms with E-state index in [1.807, 2.05) is 13.8 Å². The highest BCUT2D eigenvalue weighted by Crippen LogP contribution is 2.16. The van der Waals surface area contributed by atoms with Crippen molar-refractivity contribution in [2.75, 3.05) is 0 Å². The number of hydrogen-bond donors (Lipinski definition) is 3. The normalized spacial score (nSPS) is 29.0. The number of nitrogens with one attached hydrogen (secondary N) is 1. The molecule has 1 aliphatic heterocycles. The topological polar surface area (TPSA) is 58.3 Å². The lowest BCUT2D eigenvalue weighted by atomic mass is 10.0. The Labute approximate surface area is 54.6 Å². The van der Waals surface area contributed by atoms with Crippen molar-refractivity contribution < 1.29 is 5.11 Å². The average Bonchev–Trinajstić information content (AvgIpc) is 1.81. The molecule has 0 amide bonds. The standard InChI is InChI=1S/C6H12N2O/c1-3(7)5-6(9)4(2)8-5/h3-4,8-9H,7H2,1-2H3. The Bertz CT molecular complexity index is 151. The summed E-state index contributed by atoms with van der Waals surface area (Å²) in [7, 11) is 0. The molecular weight excluding hydrogens is 116 g/mol. The second-order valence-electron chi connectivity index (χ2n) is 2.45. The van der Waals surface area contributed by atoms with E-state index in [2.05, 4.69) is 5.32 Å². The summed E-state index contributed by atoms with van der Waals surface area (Å²) in [5, 5.41) is 12.1. The maximum atomic E-state index is 9.08. The molecule has 0 aliphatic carbocycles. The van der Waals surface area contributed by atoms with Gasteiger partial charge in [0.15, 0.2) is 0 Å². The molecule has 3 nitrogen and oxygen atoms in total. The second kappa shape index (κ2) is 1.92. The van der Waals surface area contributed by atoms with E-state index in [-0.39, 0.29) is 12.1 Å². The first kappa shape index (κ1) is 6.42. The average molecular weight is 128 g/mol. The number of aliphatic hydroxyl groups is 1. The van der Waals surface area contributed by atoms with Crippen LogP contribution in [0.4, 0.5) is 0 Å². The van der Waals surface area contributed by atoms with Gasteiger partial charge in [-0.1, -0.05) is 0 Å². The molecule has 1 aliphatic rings. The van der Waals surface area contributed by atoms with Crippen LogP contribution in [-0.2, 0) is 0 Å². The predicted molar refractivity (Wildman–Crippen MR) is 35.9 cm³/mol. The van der Waals surface area contributed by atoms with Crippen molar-refractivity contribution in [3.05, 3.63) is 11.5 Å². The van der Waals surface area contributed by atoms with Crippen LogP contribution in [0.5, 0.6) is 0 Å². The fourth-order valence-corrected chi connectivity index (χ4v) is 0.896. The van der Waals surface area contributed by atoms with Gasteiger partial charge < -0.3 is 16.2 Å². The van der Waals surface area contributed by atoms with Crippen molar-refractivity contribution >= 4 is 0 Å². The summed E-state index contributed by atoms with van der Waals surface area (Å²) in [5.41, 5.74) is 6.25. The van der Waals surface area contributed by atoms with Crippen molar-refractivity contribution in [3.63, 3.8) is 0 Å². The summed E-state index contributed by atoms with van der Waals surface area (Å²) in [6, 6.07) is 0.0344. The highest BCUT2D eigenvalue weighted by Gasteiger charge is 2.25.